The summed E-state index contributed by atoms with van der Waals surface area (Å²) in [5, 5.41) is 8.46. The van der Waals surface area contributed by atoms with E-state index in [0.717, 1.165) is 0 Å². The number of nitrogens with zero attached hydrogens (tertiary/aromatic N) is 1. The first-order chi connectivity index (χ1) is 4.57. The van der Waals surface area contributed by atoms with Crippen LogP contribution < -0.4 is 0 Å². The van der Waals surface area contributed by atoms with Gasteiger partial charge in [0.05, 0.1) is 6.00 Å². The van der Waals surface area contributed by atoms with E-state index in [4.69, 9.17) is 16.7 Å². The molecular formula is C6H12ClNO2. The van der Waals surface area contributed by atoms with Gasteiger partial charge in [0.15, 0.2) is 0 Å². The van der Waals surface area contributed by atoms with Gasteiger partial charge in [0.1, 0.15) is 0 Å². The van der Waals surface area contributed by atoms with Crippen LogP contribution in [0.1, 0.15) is 13.8 Å². The number of carboxylic acid groups (broad SMARTS) is 1. The predicted molar refractivity (Wildman–Crippen MR) is 40.3 cm³/mol. The summed E-state index contributed by atoms with van der Waals surface area (Å²) in [5.74, 6) is 0.329. The highest BCUT2D eigenvalue weighted by Crippen LogP contribution is 1.99. The highest BCUT2D eigenvalue weighted by Gasteiger charge is 2.10. The number of hydrogen-bond donors (Lipinski definition) is 1. The Morgan fingerprint density at radius 3 is 2.30 bits per heavy atom. The number of halogens is 1. The van der Waals surface area contributed by atoms with Crippen molar-refractivity contribution in [2.45, 2.75) is 13.8 Å². The van der Waals surface area contributed by atoms with Crippen LogP contribution in [0.25, 0.3) is 0 Å². The van der Waals surface area contributed by atoms with Crippen molar-refractivity contribution < 1.29 is 9.90 Å². The van der Waals surface area contributed by atoms with E-state index in [0.29, 0.717) is 12.5 Å². The summed E-state index contributed by atoms with van der Waals surface area (Å²) >= 11 is 5.35. The van der Waals surface area contributed by atoms with Gasteiger partial charge in [0.2, 0.25) is 0 Å². The molecule has 0 aromatic rings. The van der Waals surface area contributed by atoms with E-state index in [1.807, 2.05) is 13.8 Å². The van der Waals surface area contributed by atoms with Gasteiger partial charge in [-0.2, -0.15) is 0 Å². The Labute approximate surface area is 65.6 Å². The van der Waals surface area contributed by atoms with Gasteiger partial charge < -0.3 is 5.11 Å². The maximum atomic E-state index is 10.3. The lowest BCUT2D eigenvalue weighted by molar-refractivity contribution is 0.148. The van der Waals surface area contributed by atoms with Crippen LogP contribution in [-0.2, 0) is 0 Å². The predicted octanol–water partition coefficient (Wildman–Crippen LogP) is 1.82. The molecule has 4 heteroatoms. The molecule has 0 aliphatic rings. The molecule has 0 rings (SSSR count). The monoisotopic (exact) mass is 165 g/mol. The van der Waals surface area contributed by atoms with Crippen LogP contribution in [0.15, 0.2) is 0 Å². The Kier molecular flexibility index (Phi) is 4.19. The SMILES string of the molecule is CC(C)CN(CCl)C(=O)O. The molecule has 0 heterocycles. The third-order valence-electron chi connectivity index (χ3n) is 1.00. The van der Waals surface area contributed by atoms with E-state index in [1.165, 1.54) is 4.90 Å². The van der Waals surface area contributed by atoms with Gasteiger partial charge in [-0.25, -0.2) is 4.79 Å². The molecule has 1 N–H and O–H groups in total. The van der Waals surface area contributed by atoms with E-state index in [2.05, 4.69) is 0 Å². The average molecular weight is 166 g/mol. The Bertz CT molecular complexity index is 116. The molecule has 60 valence electrons. The third kappa shape index (κ3) is 3.56. The van der Waals surface area contributed by atoms with E-state index in [9.17, 15) is 4.79 Å². The quantitative estimate of drug-likeness (QED) is 0.512. The lowest BCUT2D eigenvalue weighted by Crippen LogP contribution is -2.31. The molecule has 0 unspecified atom stereocenters. The number of alkyl halides is 1. The van der Waals surface area contributed by atoms with Gasteiger partial charge in [-0.1, -0.05) is 13.8 Å². The molecule has 0 fully saturated rings. The third-order valence-corrected chi connectivity index (χ3v) is 1.29. The summed E-state index contributed by atoms with van der Waals surface area (Å²) in [6.07, 6.45) is -0.955. The Morgan fingerprint density at radius 1 is 1.70 bits per heavy atom. The molecule has 0 spiro atoms. The molecule has 0 bridgehead atoms. The minimum absolute atomic E-state index is 0.0491. The van der Waals surface area contributed by atoms with E-state index >= 15 is 0 Å². The van der Waals surface area contributed by atoms with Gasteiger partial charge in [-0.3, -0.25) is 4.90 Å². The second-order valence-corrected chi connectivity index (χ2v) is 2.76. The Morgan fingerprint density at radius 2 is 2.20 bits per heavy atom. The normalized spacial score (nSPS) is 10.0. The smallest absolute Gasteiger partial charge is 0.408 e. The zero-order valence-electron chi connectivity index (χ0n) is 6.17. The van der Waals surface area contributed by atoms with Crippen LogP contribution >= 0.6 is 11.6 Å². The minimum Gasteiger partial charge on any atom is -0.465 e. The fraction of sp³-hybridized carbons (Fsp3) is 0.833. The van der Waals surface area contributed by atoms with Crippen LogP contribution in [0.4, 0.5) is 4.79 Å². The van der Waals surface area contributed by atoms with Gasteiger partial charge in [0.25, 0.3) is 0 Å². The molecule has 10 heavy (non-hydrogen) atoms. The van der Waals surface area contributed by atoms with Crippen molar-refractivity contribution in [3.8, 4) is 0 Å². The van der Waals surface area contributed by atoms with Crippen LogP contribution in [0, 0.1) is 5.92 Å². The van der Waals surface area contributed by atoms with Crippen LogP contribution in [0.2, 0.25) is 0 Å². The maximum absolute atomic E-state index is 10.3. The minimum atomic E-state index is -0.955. The molecule has 0 aromatic carbocycles. The summed E-state index contributed by atoms with van der Waals surface area (Å²) in [5.41, 5.74) is 0. The summed E-state index contributed by atoms with van der Waals surface area (Å²) < 4.78 is 0. The van der Waals surface area contributed by atoms with Gasteiger partial charge >= 0.3 is 6.09 Å². The molecule has 0 radical (unpaired) electrons. The lowest BCUT2D eigenvalue weighted by atomic mass is 10.2. The van der Waals surface area contributed by atoms with Gasteiger partial charge in [-0.05, 0) is 5.92 Å². The molecule has 0 atom stereocenters. The van der Waals surface area contributed by atoms with Crippen molar-refractivity contribution >= 4 is 17.7 Å². The molecule has 0 aliphatic carbocycles. The number of carbonyl (C=O) groups is 1. The van der Waals surface area contributed by atoms with Crippen molar-refractivity contribution in [2.24, 2.45) is 5.92 Å². The Balaban J connectivity index is 3.72. The molecule has 0 aromatic heterocycles. The fourth-order valence-electron chi connectivity index (χ4n) is 0.619. The summed E-state index contributed by atoms with van der Waals surface area (Å²) in [6, 6.07) is 0.0491. The Hall–Kier alpha value is -0.440. The van der Waals surface area contributed by atoms with Crippen molar-refractivity contribution in [1.29, 1.82) is 0 Å². The van der Waals surface area contributed by atoms with Gasteiger partial charge in [-0.15, -0.1) is 11.6 Å². The molecule has 0 saturated heterocycles. The van der Waals surface area contributed by atoms with E-state index in [1.54, 1.807) is 0 Å². The zero-order valence-corrected chi connectivity index (χ0v) is 6.93. The van der Waals surface area contributed by atoms with Crippen molar-refractivity contribution in [1.82, 2.24) is 4.90 Å². The standard InChI is InChI=1S/C6H12ClNO2/c1-5(2)3-8(4-7)6(9)10/h5H,3-4H2,1-2H3,(H,9,10). The molecule has 1 amide bonds. The molecular weight excluding hydrogens is 154 g/mol. The zero-order chi connectivity index (χ0) is 8.15. The highest BCUT2D eigenvalue weighted by molar-refractivity contribution is 6.18. The first kappa shape index (κ1) is 9.56. The van der Waals surface area contributed by atoms with Crippen LogP contribution in [0.3, 0.4) is 0 Å². The largest absolute Gasteiger partial charge is 0.465 e. The lowest BCUT2D eigenvalue weighted by Gasteiger charge is -2.17. The molecule has 0 saturated carbocycles. The molecule has 0 aliphatic heterocycles. The summed E-state index contributed by atoms with van der Waals surface area (Å²) in [6.45, 7) is 4.39. The topological polar surface area (TPSA) is 40.5 Å². The van der Waals surface area contributed by atoms with E-state index in [-0.39, 0.29) is 6.00 Å². The number of amides is 1. The van der Waals surface area contributed by atoms with Crippen molar-refractivity contribution in [3.05, 3.63) is 0 Å². The fourth-order valence-corrected chi connectivity index (χ4v) is 0.819. The second kappa shape index (κ2) is 4.39. The maximum Gasteiger partial charge on any atom is 0.408 e. The first-order valence-corrected chi connectivity index (χ1v) is 3.65. The van der Waals surface area contributed by atoms with Crippen molar-refractivity contribution in [3.63, 3.8) is 0 Å². The number of hydrogen-bond acceptors (Lipinski definition) is 1. The molecule has 3 nitrogen and oxygen atoms in total. The highest BCUT2D eigenvalue weighted by atomic mass is 35.5. The summed E-state index contributed by atoms with van der Waals surface area (Å²) in [4.78, 5) is 11.5. The first-order valence-electron chi connectivity index (χ1n) is 3.11. The second-order valence-electron chi connectivity index (χ2n) is 2.52. The average Bonchev–Trinajstić information content (AvgIpc) is 1.81. The van der Waals surface area contributed by atoms with E-state index < -0.39 is 6.09 Å². The van der Waals surface area contributed by atoms with Crippen molar-refractivity contribution in [2.75, 3.05) is 12.5 Å². The summed E-state index contributed by atoms with van der Waals surface area (Å²) in [7, 11) is 0. The van der Waals surface area contributed by atoms with Crippen LogP contribution in [0.5, 0.6) is 0 Å². The van der Waals surface area contributed by atoms with Gasteiger partial charge in [0, 0.05) is 6.54 Å². The van der Waals surface area contributed by atoms with Crippen LogP contribution in [-0.4, -0.2) is 28.6 Å². The number of rotatable bonds is 3.